The second kappa shape index (κ2) is 3.65. The van der Waals surface area contributed by atoms with Crippen molar-refractivity contribution in [1.29, 1.82) is 0 Å². The zero-order chi connectivity index (χ0) is 10.7. The first-order chi connectivity index (χ1) is 6.50. The molecule has 1 rings (SSSR count). The van der Waals surface area contributed by atoms with Crippen LogP contribution in [-0.2, 0) is 0 Å². The predicted molar refractivity (Wildman–Crippen MR) is 45.3 cm³/mol. The Morgan fingerprint density at radius 3 is 2.50 bits per heavy atom. The lowest BCUT2D eigenvalue weighted by atomic mass is 10.2. The highest BCUT2D eigenvalue weighted by Gasteiger charge is 2.11. The van der Waals surface area contributed by atoms with Gasteiger partial charge in [-0.1, -0.05) is 0 Å². The molecule has 0 fully saturated rings. The zero-order valence-electron chi connectivity index (χ0n) is 6.93. The summed E-state index contributed by atoms with van der Waals surface area (Å²) in [6.45, 7) is 0. The topological polar surface area (TPSA) is 110 Å². The maximum atomic E-state index is 10.5. The van der Waals surface area contributed by atoms with Gasteiger partial charge in [-0.05, 0) is 18.2 Å². The molecule has 0 unspecified atom stereocenters. The van der Waals surface area contributed by atoms with Crippen LogP contribution in [0.5, 0.6) is 11.5 Å². The average molecular weight is 197 g/mol. The summed E-state index contributed by atoms with van der Waals surface area (Å²) in [7, 11) is 0. The van der Waals surface area contributed by atoms with Crippen LogP contribution in [0.2, 0.25) is 0 Å². The molecular weight excluding hydrogens is 190 g/mol. The van der Waals surface area contributed by atoms with Gasteiger partial charge < -0.3 is 20.7 Å². The molecule has 0 bridgehead atoms. The average Bonchev–Trinajstić information content (AvgIpc) is 2.07. The largest absolute Gasteiger partial charge is 0.507 e. The van der Waals surface area contributed by atoms with E-state index in [-0.39, 0.29) is 11.3 Å². The Labute approximate surface area is 78.5 Å². The molecule has 6 heteroatoms. The fourth-order valence-corrected chi connectivity index (χ4v) is 0.866. The second-order valence-electron chi connectivity index (χ2n) is 2.41. The molecule has 1 aromatic rings. The van der Waals surface area contributed by atoms with E-state index < -0.39 is 17.8 Å². The number of benzene rings is 1. The summed E-state index contributed by atoms with van der Waals surface area (Å²) in [6, 6.07) is 3.33. The first-order valence-corrected chi connectivity index (χ1v) is 3.54. The van der Waals surface area contributed by atoms with Gasteiger partial charge in [0, 0.05) is 0 Å². The minimum atomic E-state index is -1.32. The number of primary amides is 1. The first-order valence-electron chi connectivity index (χ1n) is 3.54. The maximum absolute atomic E-state index is 10.5. The number of carboxylic acid groups (broad SMARTS) is 1. The summed E-state index contributed by atoms with van der Waals surface area (Å²) < 4.78 is 4.42. The smallest absolute Gasteiger partial charge is 0.409 e. The van der Waals surface area contributed by atoms with Crippen molar-refractivity contribution in [1.82, 2.24) is 0 Å². The van der Waals surface area contributed by atoms with Gasteiger partial charge in [0.15, 0.2) is 0 Å². The third-order valence-corrected chi connectivity index (χ3v) is 1.42. The van der Waals surface area contributed by atoms with Crippen molar-refractivity contribution in [3.8, 4) is 11.5 Å². The number of aromatic carboxylic acids is 1. The Hall–Kier alpha value is -2.24. The lowest BCUT2D eigenvalue weighted by Gasteiger charge is -2.03. The Morgan fingerprint density at radius 2 is 2.00 bits per heavy atom. The van der Waals surface area contributed by atoms with Crippen LogP contribution in [0.3, 0.4) is 0 Å². The monoisotopic (exact) mass is 197 g/mol. The van der Waals surface area contributed by atoms with E-state index in [9.17, 15) is 9.59 Å². The summed E-state index contributed by atoms with van der Waals surface area (Å²) in [4.78, 5) is 20.9. The molecule has 4 N–H and O–H groups in total. The number of nitrogens with two attached hydrogens (primary N) is 1. The van der Waals surface area contributed by atoms with Gasteiger partial charge in [0.2, 0.25) is 0 Å². The normalized spacial score (nSPS) is 9.43. The number of carbonyl (C=O) groups excluding carboxylic acids is 1. The standard InChI is InChI=1S/C8H7NO5/c9-8(13)14-4-1-2-6(10)5(3-4)7(11)12/h1-3,10H,(H2,9,13)(H,11,12). The Bertz CT molecular complexity index is 387. The molecule has 0 aliphatic rings. The van der Waals surface area contributed by atoms with Gasteiger partial charge in [-0.25, -0.2) is 9.59 Å². The van der Waals surface area contributed by atoms with E-state index in [1.54, 1.807) is 0 Å². The fourth-order valence-electron chi connectivity index (χ4n) is 0.866. The van der Waals surface area contributed by atoms with Crippen molar-refractivity contribution in [2.75, 3.05) is 0 Å². The molecule has 0 heterocycles. The molecular formula is C8H7NO5. The highest BCUT2D eigenvalue weighted by molar-refractivity contribution is 5.91. The molecule has 0 spiro atoms. The highest BCUT2D eigenvalue weighted by Crippen LogP contribution is 2.22. The first kappa shape index (κ1) is 9.85. The van der Waals surface area contributed by atoms with Gasteiger partial charge in [0.1, 0.15) is 17.1 Å². The quantitative estimate of drug-likeness (QED) is 0.641. The lowest BCUT2D eigenvalue weighted by Crippen LogP contribution is -2.16. The van der Waals surface area contributed by atoms with Crippen LogP contribution in [-0.4, -0.2) is 22.3 Å². The number of aromatic hydroxyl groups is 1. The molecule has 0 saturated heterocycles. The van der Waals surface area contributed by atoms with E-state index in [0.29, 0.717) is 0 Å². The van der Waals surface area contributed by atoms with Crippen molar-refractivity contribution in [2.45, 2.75) is 0 Å². The van der Waals surface area contributed by atoms with E-state index in [1.165, 1.54) is 6.07 Å². The van der Waals surface area contributed by atoms with Gasteiger partial charge >= 0.3 is 12.1 Å². The van der Waals surface area contributed by atoms with Gasteiger partial charge in [0.05, 0.1) is 0 Å². The van der Waals surface area contributed by atoms with Crippen LogP contribution in [0.1, 0.15) is 10.4 Å². The molecule has 6 nitrogen and oxygen atoms in total. The van der Waals surface area contributed by atoms with Gasteiger partial charge in [0.25, 0.3) is 0 Å². The van der Waals surface area contributed by atoms with Gasteiger partial charge in [-0.2, -0.15) is 0 Å². The number of carboxylic acids is 1. The summed E-state index contributed by atoms with van der Waals surface area (Å²) in [6.07, 6.45) is -1.05. The number of hydrogen-bond donors (Lipinski definition) is 3. The second-order valence-corrected chi connectivity index (χ2v) is 2.41. The summed E-state index contributed by atoms with van der Waals surface area (Å²) in [5.41, 5.74) is 4.36. The summed E-state index contributed by atoms with van der Waals surface area (Å²) in [5, 5.41) is 17.7. The van der Waals surface area contributed by atoms with Crippen LogP contribution in [0.25, 0.3) is 0 Å². The predicted octanol–water partition coefficient (Wildman–Crippen LogP) is 0.548. The molecule has 0 aliphatic carbocycles. The van der Waals surface area contributed by atoms with E-state index in [0.717, 1.165) is 12.1 Å². The van der Waals surface area contributed by atoms with Crippen LogP contribution in [0.15, 0.2) is 18.2 Å². The Balaban J connectivity index is 3.06. The zero-order valence-corrected chi connectivity index (χ0v) is 6.93. The minimum Gasteiger partial charge on any atom is -0.507 e. The molecule has 0 aromatic heterocycles. The molecule has 0 atom stereocenters. The lowest BCUT2D eigenvalue weighted by molar-refractivity contribution is 0.0693. The number of rotatable bonds is 2. The van der Waals surface area contributed by atoms with E-state index in [4.69, 9.17) is 15.9 Å². The molecule has 0 saturated carbocycles. The molecule has 0 radical (unpaired) electrons. The van der Waals surface area contributed by atoms with Gasteiger partial charge in [-0.3, -0.25) is 0 Å². The molecule has 1 aromatic carbocycles. The highest BCUT2D eigenvalue weighted by atomic mass is 16.5. The van der Waals surface area contributed by atoms with Crippen LogP contribution >= 0.6 is 0 Å². The molecule has 0 aliphatic heterocycles. The van der Waals surface area contributed by atoms with Gasteiger partial charge in [-0.15, -0.1) is 0 Å². The van der Waals surface area contributed by atoms with Crippen molar-refractivity contribution < 1.29 is 24.5 Å². The maximum Gasteiger partial charge on any atom is 0.409 e. The minimum absolute atomic E-state index is 0.0345. The third-order valence-electron chi connectivity index (χ3n) is 1.42. The Kier molecular flexibility index (Phi) is 2.57. The Morgan fingerprint density at radius 1 is 1.36 bits per heavy atom. The number of amides is 1. The van der Waals surface area contributed by atoms with E-state index in [1.807, 2.05) is 0 Å². The number of phenols is 1. The number of hydrogen-bond acceptors (Lipinski definition) is 4. The van der Waals surface area contributed by atoms with Crippen molar-refractivity contribution in [2.24, 2.45) is 5.73 Å². The summed E-state index contributed by atoms with van der Waals surface area (Å²) >= 11 is 0. The van der Waals surface area contributed by atoms with Crippen LogP contribution in [0.4, 0.5) is 4.79 Å². The van der Waals surface area contributed by atoms with Crippen molar-refractivity contribution in [3.63, 3.8) is 0 Å². The van der Waals surface area contributed by atoms with Crippen molar-refractivity contribution >= 4 is 12.1 Å². The van der Waals surface area contributed by atoms with Crippen molar-refractivity contribution in [3.05, 3.63) is 23.8 Å². The van der Waals surface area contributed by atoms with E-state index >= 15 is 0 Å². The molecule has 14 heavy (non-hydrogen) atoms. The number of ether oxygens (including phenoxy) is 1. The third kappa shape index (κ3) is 2.13. The fraction of sp³-hybridized carbons (Fsp3) is 0. The van der Waals surface area contributed by atoms with Crippen LogP contribution in [0, 0.1) is 0 Å². The van der Waals surface area contributed by atoms with E-state index in [2.05, 4.69) is 4.74 Å². The molecule has 74 valence electrons. The summed E-state index contributed by atoms with van der Waals surface area (Å²) in [5.74, 6) is -1.76. The van der Waals surface area contributed by atoms with Crippen LogP contribution < -0.4 is 10.5 Å². The SMILES string of the molecule is NC(=O)Oc1ccc(O)c(C(=O)O)c1. The molecule has 1 amide bonds. The number of carbonyl (C=O) groups is 2.